The third kappa shape index (κ3) is 3.54. The summed E-state index contributed by atoms with van der Waals surface area (Å²) in [5.74, 6) is 0.801. The summed E-state index contributed by atoms with van der Waals surface area (Å²) in [4.78, 5) is 7.53. The fourth-order valence-electron chi connectivity index (χ4n) is 1.90. The second-order valence-corrected chi connectivity index (χ2v) is 6.52. The highest BCUT2D eigenvalue weighted by atomic mass is 32.2. The van der Waals surface area contributed by atoms with Gasteiger partial charge in [0.05, 0.1) is 22.8 Å². The summed E-state index contributed by atoms with van der Waals surface area (Å²) in [5.41, 5.74) is 1.76. The first-order chi connectivity index (χ1) is 9.02. The average molecular weight is 281 g/mol. The van der Waals surface area contributed by atoms with Crippen molar-refractivity contribution in [2.75, 3.05) is 5.75 Å². The molecule has 19 heavy (non-hydrogen) atoms. The largest absolute Gasteiger partial charge is 0.341 e. The van der Waals surface area contributed by atoms with E-state index in [0.29, 0.717) is 12.2 Å². The molecule has 5 nitrogen and oxygen atoms in total. The molecule has 0 radical (unpaired) electrons. The van der Waals surface area contributed by atoms with Gasteiger partial charge in [-0.15, -0.1) is 0 Å². The number of H-pyrrole nitrogens is 1. The van der Waals surface area contributed by atoms with Gasteiger partial charge in [-0.25, -0.2) is 18.1 Å². The van der Waals surface area contributed by atoms with E-state index in [9.17, 15) is 8.42 Å². The molecule has 1 aromatic carbocycles. The van der Waals surface area contributed by atoms with Gasteiger partial charge in [-0.2, -0.15) is 0 Å². The van der Waals surface area contributed by atoms with Gasteiger partial charge in [0.1, 0.15) is 5.82 Å². The van der Waals surface area contributed by atoms with E-state index in [4.69, 9.17) is 0 Å². The van der Waals surface area contributed by atoms with Crippen molar-refractivity contribution < 1.29 is 8.42 Å². The Morgan fingerprint density at radius 1 is 1.37 bits per heavy atom. The van der Waals surface area contributed by atoms with Gasteiger partial charge in [0.25, 0.3) is 0 Å². The molecule has 6 heteroatoms. The maximum absolute atomic E-state index is 11.8. The van der Waals surface area contributed by atoms with E-state index in [-0.39, 0.29) is 11.8 Å². The van der Waals surface area contributed by atoms with Crippen molar-refractivity contribution in [3.8, 4) is 0 Å². The summed E-state index contributed by atoms with van der Waals surface area (Å²) in [5, 5.41) is 0. The molecular formula is C13H19N3O2S. The molecular weight excluding hydrogens is 262 g/mol. The van der Waals surface area contributed by atoms with Crippen LogP contribution in [0.3, 0.4) is 0 Å². The first kappa shape index (κ1) is 14.0. The Kier molecular flexibility index (Phi) is 4.21. The van der Waals surface area contributed by atoms with Crippen LogP contribution in [0.5, 0.6) is 0 Å². The Balaban J connectivity index is 2.13. The van der Waals surface area contributed by atoms with E-state index in [1.165, 1.54) is 0 Å². The first-order valence-electron chi connectivity index (χ1n) is 6.46. The Morgan fingerprint density at radius 3 is 2.79 bits per heavy atom. The van der Waals surface area contributed by atoms with Crippen LogP contribution in [-0.2, 0) is 10.0 Å². The zero-order valence-electron chi connectivity index (χ0n) is 11.2. The van der Waals surface area contributed by atoms with Crippen molar-refractivity contribution in [1.82, 2.24) is 14.7 Å². The van der Waals surface area contributed by atoms with Crippen LogP contribution in [-0.4, -0.2) is 24.1 Å². The minimum Gasteiger partial charge on any atom is -0.341 e. The third-order valence-electron chi connectivity index (χ3n) is 2.94. The smallest absolute Gasteiger partial charge is 0.212 e. The van der Waals surface area contributed by atoms with Crippen LogP contribution in [0.4, 0.5) is 0 Å². The number of hydrogen-bond acceptors (Lipinski definition) is 3. The number of hydrogen-bond donors (Lipinski definition) is 2. The molecule has 0 aliphatic carbocycles. The Hall–Kier alpha value is -1.40. The maximum Gasteiger partial charge on any atom is 0.212 e. The van der Waals surface area contributed by atoms with Crippen LogP contribution in [0.15, 0.2) is 24.3 Å². The summed E-state index contributed by atoms with van der Waals surface area (Å²) in [6.07, 6.45) is 1.53. The minimum atomic E-state index is -3.24. The van der Waals surface area contributed by atoms with Crippen LogP contribution in [0.1, 0.15) is 38.6 Å². The summed E-state index contributed by atoms with van der Waals surface area (Å²) < 4.78 is 26.3. The molecule has 0 bridgehead atoms. The Labute approximate surface area is 113 Å². The summed E-state index contributed by atoms with van der Waals surface area (Å²) in [6, 6.07) is 7.29. The van der Waals surface area contributed by atoms with Crippen LogP contribution in [0.2, 0.25) is 0 Å². The van der Waals surface area contributed by atoms with Crippen LogP contribution >= 0.6 is 0 Å². The number of aromatic amines is 1. The quantitative estimate of drug-likeness (QED) is 0.853. The van der Waals surface area contributed by atoms with Crippen molar-refractivity contribution in [3.05, 3.63) is 30.1 Å². The summed E-state index contributed by atoms with van der Waals surface area (Å²) in [7, 11) is -3.24. The number of rotatable bonds is 6. The standard InChI is InChI=1S/C13H19N3O2S/c1-3-4-9-19(17,18)16-10(2)13-14-11-7-5-6-8-12(11)15-13/h5-8,10,16H,3-4,9H2,1-2H3,(H,14,15). The van der Waals surface area contributed by atoms with E-state index < -0.39 is 10.0 Å². The summed E-state index contributed by atoms with van der Waals surface area (Å²) in [6.45, 7) is 3.76. The third-order valence-corrected chi connectivity index (χ3v) is 4.48. The molecule has 2 rings (SSSR count). The second-order valence-electron chi connectivity index (χ2n) is 4.65. The normalized spacial score (nSPS) is 13.8. The first-order valence-corrected chi connectivity index (χ1v) is 8.11. The molecule has 0 saturated carbocycles. The highest BCUT2D eigenvalue weighted by molar-refractivity contribution is 7.89. The lowest BCUT2D eigenvalue weighted by molar-refractivity contribution is 0.558. The van der Waals surface area contributed by atoms with Gasteiger partial charge in [-0.1, -0.05) is 25.5 Å². The predicted octanol–water partition coefficient (Wildman–Crippen LogP) is 2.34. The molecule has 0 amide bonds. The number of nitrogens with zero attached hydrogens (tertiary/aromatic N) is 1. The van der Waals surface area contributed by atoms with Gasteiger partial charge in [0.15, 0.2) is 0 Å². The molecule has 1 unspecified atom stereocenters. The van der Waals surface area contributed by atoms with Gasteiger partial charge in [-0.3, -0.25) is 0 Å². The molecule has 0 fully saturated rings. The monoisotopic (exact) mass is 281 g/mol. The number of nitrogens with one attached hydrogen (secondary N) is 2. The van der Waals surface area contributed by atoms with E-state index in [1.807, 2.05) is 31.2 Å². The Bertz CT molecular complexity index is 616. The molecule has 1 aromatic heterocycles. The second kappa shape index (κ2) is 5.71. The summed E-state index contributed by atoms with van der Waals surface area (Å²) >= 11 is 0. The van der Waals surface area contributed by atoms with Crippen molar-refractivity contribution in [2.45, 2.75) is 32.7 Å². The molecule has 1 atom stereocenters. The molecule has 2 aromatic rings. The van der Waals surface area contributed by atoms with Crippen LogP contribution < -0.4 is 4.72 Å². The minimum absolute atomic E-state index is 0.161. The molecule has 104 valence electrons. The zero-order chi connectivity index (χ0) is 13.9. The predicted molar refractivity (Wildman–Crippen MR) is 76.3 cm³/mol. The van der Waals surface area contributed by atoms with Gasteiger partial charge < -0.3 is 4.98 Å². The van der Waals surface area contributed by atoms with Crippen LogP contribution in [0, 0.1) is 0 Å². The van der Waals surface area contributed by atoms with Crippen molar-refractivity contribution >= 4 is 21.1 Å². The molecule has 1 heterocycles. The number of unbranched alkanes of at least 4 members (excludes halogenated alkanes) is 1. The number of aromatic nitrogens is 2. The van der Waals surface area contributed by atoms with Crippen LogP contribution in [0.25, 0.3) is 11.0 Å². The molecule has 0 aliphatic rings. The molecule has 2 N–H and O–H groups in total. The van der Waals surface area contributed by atoms with Crippen molar-refractivity contribution in [2.24, 2.45) is 0 Å². The van der Waals surface area contributed by atoms with E-state index in [1.54, 1.807) is 6.92 Å². The average Bonchev–Trinajstić information content (AvgIpc) is 2.80. The number of benzene rings is 1. The number of imidazole rings is 1. The highest BCUT2D eigenvalue weighted by Crippen LogP contribution is 2.16. The SMILES string of the molecule is CCCCS(=O)(=O)NC(C)c1nc2ccccc2[nH]1. The number of sulfonamides is 1. The van der Waals surface area contributed by atoms with Crippen molar-refractivity contribution in [1.29, 1.82) is 0 Å². The molecule has 0 saturated heterocycles. The van der Waals surface area contributed by atoms with Crippen molar-refractivity contribution in [3.63, 3.8) is 0 Å². The van der Waals surface area contributed by atoms with E-state index >= 15 is 0 Å². The number of para-hydroxylation sites is 2. The lowest BCUT2D eigenvalue weighted by Crippen LogP contribution is -2.29. The van der Waals surface area contributed by atoms with E-state index in [0.717, 1.165) is 17.5 Å². The maximum atomic E-state index is 11.8. The number of fused-ring (bicyclic) bond motifs is 1. The fraction of sp³-hybridized carbons (Fsp3) is 0.462. The zero-order valence-corrected chi connectivity index (χ0v) is 12.0. The topological polar surface area (TPSA) is 74.8 Å². The highest BCUT2D eigenvalue weighted by Gasteiger charge is 2.17. The fourth-order valence-corrected chi connectivity index (χ4v) is 3.33. The lowest BCUT2D eigenvalue weighted by Gasteiger charge is -2.11. The van der Waals surface area contributed by atoms with Gasteiger partial charge in [0.2, 0.25) is 10.0 Å². The lowest BCUT2D eigenvalue weighted by atomic mass is 10.3. The van der Waals surface area contributed by atoms with Gasteiger partial charge >= 0.3 is 0 Å². The van der Waals surface area contributed by atoms with E-state index in [2.05, 4.69) is 14.7 Å². The van der Waals surface area contributed by atoms with Gasteiger partial charge in [0, 0.05) is 0 Å². The molecule has 0 aliphatic heterocycles. The van der Waals surface area contributed by atoms with Gasteiger partial charge in [-0.05, 0) is 25.5 Å². The Morgan fingerprint density at radius 2 is 2.11 bits per heavy atom. The molecule has 0 spiro atoms.